The highest BCUT2D eigenvalue weighted by Gasteiger charge is 2.11. The van der Waals surface area contributed by atoms with Gasteiger partial charge in [-0.15, -0.1) is 10.2 Å². The number of aliphatic hydroxyl groups excluding tert-OH is 1. The van der Waals surface area contributed by atoms with Crippen molar-refractivity contribution in [2.45, 2.75) is 13.0 Å². The highest BCUT2D eigenvalue weighted by Crippen LogP contribution is 2.12. The Labute approximate surface area is 79.0 Å². The number of hydrogen-bond donors (Lipinski definition) is 1. The van der Waals surface area contributed by atoms with E-state index in [1.54, 1.807) is 19.1 Å². The fourth-order valence-corrected chi connectivity index (χ4v) is 1.18. The minimum Gasteiger partial charge on any atom is -0.385 e. The number of fused-ring (bicyclic) bond motifs is 1. The number of aliphatic hydroxyl groups is 1. The fraction of sp³-hybridized carbons (Fsp3) is 0.286. The largest absolute Gasteiger partial charge is 0.385 e. The summed E-state index contributed by atoms with van der Waals surface area (Å²) in [5, 5.41) is 21.2. The molecule has 0 aliphatic carbocycles. The zero-order valence-corrected chi connectivity index (χ0v) is 7.60. The molecule has 0 spiro atoms. The van der Waals surface area contributed by atoms with E-state index in [2.05, 4.69) is 15.3 Å². The molecule has 0 bridgehead atoms. The third-order valence-electron chi connectivity index (χ3n) is 1.63. The Hall–Kier alpha value is -1.20. The zero-order chi connectivity index (χ0) is 9.42. The van der Waals surface area contributed by atoms with Crippen LogP contribution in [0.5, 0.6) is 0 Å². The second-order valence-corrected chi connectivity index (χ2v) is 3.05. The normalized spacial score (nSPS) is 13.5. The molecule has 2 aromatic heterocycles. The smallest absolute Gasteiger partial charge is 0.183 e. The summed E-state index contributed by atoms with van der Waals surface area (Å²) < 4.78 is 1.42. The molecule has 0 saturated carbocycles. The van der Waals surface area contributed by atoms with Crippen LogP contribution < -0.4 is 0 Å². The topological polar surface area (TPSA) is 63.3 Å². The second kappa shape index (κ2) is 2.93. The Kier molecular flexibility index (Phi) is 1.90. The van der Waals surface area contributed by atoms with E-state index in [-0.39, 0.29) is 0 Å². The first-order chi connectivity index (χ1) is 6.18. The van der Waals surface area contributed by atoms with E-state index in [0.29, 0.717) is 16.6 Å². The minimum atomic E-state index is -0.707. The van der Waals surface area contributed by atoms with Crippen LogP contribution in [0.2, 0.25) is 5.15 Å². The molecule has 1 N–H and O–H groups in total. The second-order valence-electron chi connectivity index (χ2n) is 2.66. The third-order valence-corrected chi connectivity index (χ3v) is 1.83. The summed E-state index contributed by atoms with van der Waals surface area (Å²) in [5.41, 5.74) is 0.570. The van der Waals surface area contributed by atoms with Crippen molar-refractivity contribution < 1.29 is 5.11 Å². The predicted molar refractivity (Wildman–Crippen MR) is 46.4 cm³/mol. The average Bonchev–Trinajstić information content (AvgIpc) is 2.46. The first kappa shape index (κ1) is 8.40. The molecule has 68 valence electrons. The van der Waals surface area contributed by atoms with Crippen LogP contribution in [0, 0.1) is 0 Å². The molecular formula is C7H7ClN4O. The molecule has 5 nitrogen and oxygen atoms in total. The molecule has 0 aliphatic rings. The molecule has 13 heavy (non-hydrogen) atoms. The Morgan fingerprint density at radius 2 is 2.23 bits per heavy atom. The maximum Gasteiger partial charge on any atom is 0.183 e. The van der Waals surface area contributed by atoms with E-state index >= 15 is 0 Å². The lowest BCUT2D eigenvalue weighted by Crippen LogP contribution is -2.02. The lowest BCUT2D eigenvalue weighted by atomic mass is 10.4. The number of aromatic nitrogens is 4. The van der Waals surface area contributed by atoms with Gasteiger partial charge in [0.15, 0.2) is 11.5 Å². The monoisotopic (exact) mass is 198 g/mol. The van der Waals surface area contributed by atoms with E-state index in [4.69, 9.17) is 11.6 Å². The molecular weight excluding hydrogens is 192 g/mol. The summed E-state index contributed by atoms with van der Waals surface area (Å²) in [6.45, 7) is 1.60. The minimum absolute atomic E-state index is 0.342. The van der Waals surface area contributed by atoms with Crippen molar-refractivity contribution in [3.63, 3.8) is 0 Å². The van der Waals surface area contributed by atoms with Gasteiger partial charge in [-0.25, -0.2) is 0 Å². The summed E-state index contributed by atoms with van der Waals surface area (Å²) in [5.74, 6) is 0.387. The van der Waals surface area contributed by atoms with Crippen LogP contribution in [0.25, 0.3) is 5.65 Å². The number of hydrogen-bond acceptors (Lipinski definition) is 4. The molecule has 0 aliphatic heterocycles. The lowest BCUT2D eigenvalue weighted by molar-refractivity contribution is 0.186. The van der Waals surface area contributed by atoms with E-state index in [1.807, 2.05) is 0 Å². The van der Waals surface area contributed by atoms with Gasteiger partial charge >= 0.3 is 0 Å². The molecule has 0 fully saturated rings. The van der Waals surface area contributed by atoms with E-state index in [1.165, 1.54) is 4.52 Å². The van der Waals surface area contributed by atoms with Crippen molar-refractivity contribution in [3.05, 3.63) is 23.1 Å². The standard InChI is InChI=1S/C7H7ClN4O/c1-4(13)7-10-9-6-3-2-5(8)11-12(6)7/h2-4,13H,1H3/t4-/m1/s1. The van der Waals surface area contributed by atoms with Gasteiger partial charge in [0.05, 0.1) is 0 Å². The van der Waals surface area contributed by atoms with Crippen molar-refractivity contribution in [1.82, 2.24) is 19.8 Å². The van der Waals surface area contributed by atoms with Gasteiger partial charge in [-0.2, -0.15) is 9.61 Å². The van der Waals surface area contributed by atoms with E-state index in [0.717, 1.165) is 0 Å². The van der Waals surface area contributed by atoms with Crippen molar-refractivity contribution in [3.8, 4) is 0 Å². The summed E-state index contributed by atoms with van der Waals surface area (Å²) >= 11 is 5.68. The van der Waals surface area contributed by atoms with E-state index < -0.39 is 6.10 Å². The Balaban J connectivity index is 2.71. The van der Waals surface area contributed by atoms with Gasteiger partial charge in [-0.05, 0) is 19.1 Å². The fourth-order valence-electron chi connectivity index (χ4n) is 1.04. The van der Waals surface area contributed by atoms with Gasteiger partial charge < -0.3 is 5.11 Å². The van der Waals surface area contributed by atoms with Gasteiger partial charge in [0.2, 0.25) is 0 Å². The van der Waals surface area contributed by atoms with Crippen LogP contribution in [-0.4, -0.2) is 24.9 Å². The molecule has 2 rings (SSSR count). The van der Waals surface area contributed by atoms with Crippen LogP contribution >= 0.6 is 11.6 Å². The summed E-state index contributed by atoms with van der Waals surface area (Å²) in [6.07, 6.45) is -0.707. The highest BCUT2D eigenvalue weighted by molar-refractivity contribution is 6.29. The molecule has 2 aromatic rings. The van der Waals surface area contributed by atoms with Crippen molar-refractivity contribution in [2.24, 2.45) is 0 Å². The van der Waals surface area contributed by atoms with Gasteiger partial charge in [-0.1, -0.05) is 11.6 Å². The SMILES string of the molecule is C[C@@H](O)c1nnc2ccc(Cl)nn12. The summed E-state index contributed by atoms with van der Waals surface area (Å²) in [4.78, 5) is 0. The molecule has 0 radical (unpaired) electrons. The molecule has 6 heteroatoms. The van der Waals surface area contributed by atoms with Crippen LogP contribution in [0.3, 0.4) is 0 Å². The predicted octanol–water partition coefficient (Wildman–Crippen LogP) is 0.831. The van der Waals surface area contributed by atoms with Crippen LogP contribution in [0.1, 0.15) is 18.9 Å². The molecule has 0 saturated heterocycles. The Bertz CT molecular complexity index is 439. The van der Waals surface area contributed by atoms with Gasteiger partial charge in [0.25, 0.3) is 0 Å². The van der Waals surface area contributed by atoms with Crippen LogP contribution in [0.4, 0.5) is 0 Å². The number of halogens is 1. The molecule has 0 amide bonds. The maximum absolute atomic E-state index is 9.30. The average molecular weight is 199 g/mol. The number of rotatable bonds is 1. The van der Waals surface area contributed by atoms with Crippen LogP contribution in [-0.2, 0) is 0 Å². The van der Waals surface area contributed by atoms with Crippen molar-refractivity contribution in [2.75, 3.05) is 0 Å². The van der Waals surface area contributed by atoms with Gasteiger partial charge in [-0.3, -0.25) is 0 Å². The van der Waals surface area contributed by atoms with E-state index in [9.17, 15) is 5.11 Å². The highest BCUT2D eigenvalue weighted by atomic mass is 35.5. The van der Waals surface area contributed by atoms with Crippen molar-refractivity contribution >= 4 is 17.2 Å². The maximum atomic E-state index is 9.30. The molecule has 0 unspecified atom stereocenters. The Morgan fingerprint density at radius 3 is 2.92 bits per heavy atom. The van der Waals surface area contributed by atoms with Crippen LogP contribution in [0.15, 0.2) is 12.1 Å². The molecule has 2 heterocycles. The van der Waals surface area contributed by atoms with Gasteiger partial charge in [0.1, 0.15) is 11.3 Å². The Morgan fingerprint density at radius 1 is 1.46 bits per heavy atom. The van der Waals surface area contributed by atoms with Gasteiger partial charge in [0, 0.05) is 0 Å². The quantitative estimate of drug-likeness (QED) is 0.737. The first-order valence-corrected chi connectivity index (χ1v) is 4.12. The summed E-state index contributed by atoms with van der Waals surface area (Å²) in [6, 6.07) is 3.31. The lowest BCUT2D eigenvalue weighted by Gasteiger charge is -1.99. The number of nitrogens with zero attached hydrogens (tertiary/aromatic N) is 4. The third kappa shape index (κ3) is 1.36. The van der Waals surface area contributed by atoms with Crippen molar-refractivity contribution in [1.29, 1.82) is 0 Å². The molecule has 0 aromatic carbocycles. The summed E-state index contributed by atoms with van der Waals surface area (Å²) in [7, 11) is 0. The first-order valence-electron chi connectivity index (χ1n) is 3.74. The zero-order valence-electron chi connectivity index (χ0n) is 6.85. The molecule has 1 atom stereocenters.